The molecule has 0 bridgehead atoms. The van der Waals surface area contributed by atoms with Gasteiger partial charge in [0.05, 0.1) is 5.69 Å². The molecular weight excluding hydrogens is 671 g/mol. The van der Waals surface area contributed by atoms with Gasteiger partial charge in [-0.3, -0.25) is 0 Å². The Labute approximate surface area is 317 Å². The lowest BCUT2D eigenvalue weighted by Crippen LogP contribution is -2.10. The lowest BCUT2D eigenvalue weighted by Gasteiger charge is -2.27. The maximum Gasteiger partial charge on any atom is 0.0554 e. The number of fused-ring (bicyclic) bond motifs is 10. The van der Waals surface area contributed by atoms with Crippen molar-refractivity contribution in [2.24, 2.45) is 0 Å². The van der Waals surface area contributed by atoms with Gasteiger partial charge in [0, 0.05) is 31.5 Å². The Balaban J connectivity index is 1.10. The largest absolute Gasteiger partial charge is 0.310 e. The van der Waals surface area contributed by atoms with Gasteiger partial charge >= 0.3 is 0 Å². The standard InChI is InChI=1S/C52H33NS/c1-2-11-34(12-3-1)35-23-28-40(29-24-35)53(48-19-10-20-49-51(48)46-32-27-37-14-5-7-16-43(37)52(46)54-49)41-30-25-38(26-31-41)47-33-39-22-21-36-13-4-6-15-42(36)50(39)45-18-9-8-17-44(45)47/h1-33H. The third kappa shape index (κ3) is 4.92. The normalized spacial score (nSPS) is 11.7. The van der Waals surface area contributed by atoms with Crippen molar-refractivity contribution in [2.75, 3.05) is 4.90 Å². The lowest BCUT2D eigenvalue weighted by molar-refractivity contribution is 1.30. The molecule has 1 heterocycles. The maximum absolute atomic E-state index is 2.44. The second kappa shape index (κ2) is 12.4. The predicted molar refractivity (Wildman–Crippen MR) is 235 cm³/mol. The zero-order valence-electron chi connectivity index (χ0n) is 29.4. The summed E-state index contributed by atoms with van der Waals surface area (Å²) in [5, 5.41) is 12.9. The van der Waals surface area contributed by atoms with Crippen LogP contribution in [0, 0.1) is 0 Å². The molecule has 1 nitrogen and oxygen atoms in total. The Kier molecular flexibility index (Phi) is 7.11. The van der Waals surface area contributed by atoms with E-state index in [-0.39, 0.29) is 0 Å². The fourth-order valence-corrected chi connectivity index (χ4v) is 9.75. The summed E-state index contributed by atoms with van der Waals surface area (Å²) in [7, 11) is 0. The van der Waals surface area contributed by atoms with Crippen molar-refractivity contribution < 1.29 is 0 Å². The van der Waals surface area contributed by atoms with E-state index in [0.717, 1.165) is 11.4 Å². The minimum absolute atomic E-state index is 1.12. The number of hydrogen-bond acceptors (Lipinski definition) is 2. The summed E-state index contributed by atoms with van der Waals surface area (Å²) in [4.78, 5) is 2.44. The van der Waals surface area contributed by atoms with Gasteiger partial charge in [-0.1, -0.05) is 158 Å². The van der Waals surface area contributed by atoms with Crippen LogP contribution in [0.5, 0.6) is 0 Å². The monoisotopic (exact) mass is 703 g/mol. The average molecular weight is 704 g/mol. The van der Waals surface area contributed by atoms with Crippen molar-refractivity contribution in [3.63, 3.8) is 0 Å². The van der Waals surface area contributed by atoms with E-state index in [4.69, 9.17) is 0 Å². The zero-order valence-corrected chi connectivity index (χ0v) is 30.2. The Bertz CT molecular complexity index is 3190. The van der Waals surface area contributed by atoms with Crippen molar-refractivity contribution >= 4 is 91.7 Å². The molecule has 11 aromatic rings. The molecule has 0 saturated carbocycles. The van der Waals surface area contributed by atoms with Gasteiger partial charge in [-0.15, -0.1) is 11.3 Å². The van der Waals surface area contributed by atoms with Crippen LogP contribution in [0.4, 0.5) is 17.1 Å². The zero-order chi connectivity index (χ0) is 35.6. The molecule has 0 saturated heterocycles. The molecule has 0 aliphatic rings. The van der Waals surface area contributed by atoms with Crippen molar-refractivity contribution in [2.45, 2.75) is 0 Å². The first-order chi connectivity index (χ1) is 26.8. The fraction of sp³-hybridized carbons (Fsp3) is 0. The molecule has 0 aliphatic carbocycles. The van der Waals surface area contributed by atoms with E-state index in [0.29, 0.717) is 0 Å². The van der Waals surface area contributed by atoms with E-state index >= 15 is 0 Å². The first-order valence-corrected chi connectivity index (χ1v) is 19.3. The second-order valence-electron chi connectivity index (χ2n) is 14.1. The van der Waals surface area contributed by atoms with E-state index in [1.165, 1.54) is 91.2 Å². The molecule has 1 aromatic heterocycles. The van der Waals surface area contributed by atoms with Gasteiger partial charge in [0.15, 0.2) is 0 Å². The molecule has 0 spiro atoms. The molecule has 0 amide bonds. The molecule has 0 aliphatic heterocycles. The highest BCUT2D eigenvalue weighted by atomic mass is 32.1. The molecule has 0 fully saturated rings. The molecule has 0 radical (unpaired) electrons. The van der Waals surface area contributed by atoms with Crippen LogP contribution in [0.3, 0.4) is 0 Å². The molecule has 0 atom stereocenters. The van der Waals surface area contributed by atoms with Gasteiger partial charge in [-0.05, 0) is 108 Å². The Hall–Kier alpha value is -6.74. The summed E-state index contributed by atoms with van der Waals surface area (Å²) in [6, 6.07) is 73.4. The molecule has 0 unspecified atom stereocenters. The third-order valence-electron chi connectivity index (χ3n) is 11.0. The molecule has 252 valence electrons. The second-order valence-corrected chi connectivity index (χ2v) is 15.1. The van der Waals surface area contributed by atoms with Gasteiger partial charge in [-0.2, -0.15) is 0 Å². The molecule has 0 N–H and O–H groups in total. The number of thiophene rings is 1. The van der Waals surface area contributed by atoms with Crippen LogP contribution in [-0.2, 0) is 0 Å². The summed E-state index contributed by atoms with van der Waals surface area (Å²) < 4.78 is 2.62. The highest BCUT2D eigenvalue weighted by Crippen LogP contribution is 2.47. The molecular formula is C52H33NS. The third-order valence-corrected chi connectivity index (χ3v) is 12.2. The van der Waals surface area contributed by atoms with Crippen LogP contribution in [0.1, 0.15) is 0 Å². The summed E-state index contributed by atoms with van der Waals surface area (Å²) in [5.41, 5.74) is 8.29. The molecule has 11 rings (SSSR count). The topological polar surface area (TPSA) is 3.24 Å². The van der Waals surface area contributed by atoms with Crippen molar-refractivity contribution in [1.82, 2.24) is 0 Å². The van der Waals surface area contributed by atoms with Crippen LogP contribution >= 0.6 is 11.3 Å². The molecule has 2 heteroatoms. The van der Waals surface area contributed by atoms with E-state index in [2.05, 4.69) is 205 Å². The van der Waals surface area contributed by atoms with Crippen LogP contribution in [0.2, 0.25) is 0 Å². The SMILES string of the molecule is c1ccc(-c2ccc(N(c3ccc(-c4cc5ccc6ccccc6c5c5ccccc45)cc3)c3cccc4sc5c6ccccc6ccc5c34)cc2)cc1. The summed E-state index contributed by atoms with van der Waals surface area (Å²) in [6.45, 7) is 0. The van der Waals surface area contributed by atoms with Crippen LogP contribution in [0.25, 0.3) is 85.5 Å². The van der Waals surface area contributed by atoms with Gasteiger partial charge in [-0.25, -0.2) is 0 Å². The Morgan fingerprint density at radius 3 is 1.67 bits per heavy atom. The maximum atomic E-state index is 2.44. The number of benzene rings is 10. The number of rotatable bonds is 5. The van der Waals surface area contributed by atoms with Crippen LogP contribution < -0.4 is 4.90 Å². The van der Waals surface area contributed by atoms with Crippen molar-refractivity contribution in [3.05, 3.63) is 200 Å². The Morgan fingerprint density at radius 2 is 0.907 bits per heavy atom. The molecule has 54 heavy (non-hydrogen) atoms. The Morgan fingerprint density at radius 1 is 0.333 bits per heavy atom. The smallest absolute Gasteiger partial charge is 0.0554 e. The van der Waals surface area contributed by atoms with Crippen molar-refractivity contribution in [3.8, 4) is 22.3 Å². The van der Waals surface area contributed by atoms with E-state index in [9.17, 15) is 0 Å². The predicted octanol–water partition coefficient (Wildman–Crippen LogP) is 15.5. The minimum atomic E-state index is 1.12. The van der Waals surface area contributed by atoms with Gasteiger partial charge in [0.25, 0.3) is 0 Å². The first kappa shape index (κ1) is 30.8. The number of nitrogens with zero attached hydrogens (tertiary/aromatic N) is 1. The lowest BCUT2D eigenvalue weighted by atomic mass is 9.90. The minimum Gasteiger partial charge on any atom is -0.310 e. The van der Waals surface area contributed by atoms with E-state index < -0.39 is 0 Å². The summed E-state index contributed by atoms with van der Waals surface area (Å²) in [5.74, 6) is 0. The quantitative estimate of drug-likeness (QED) is 0.161. The van der Waals surface area contributed by atoms with Crippen LogP contribution in [-0.4, -0.2) is 0 Å². The van der Waals surface area contributed by atoms with Crippen molar-refractivity contribution in [1.29, 1.82) is 0 Å². The average Bonchev–Trinajstić information content (AvgIpc) is 3.64. The van der Waals surface area contributed by atoms with Gasteiger partial charge in [0.1, 0.15) is 0 Å². The molecule has 10 aromatic carbocycles. The fourth-order valence-electron chi connectivity index (χ4n) is 8.49. The highest BCUT2D eigenvalue weighted by molar-refractivity contribution is 7.26. The van der Waals surface area contributed by atoms with E-state index in [1.54, 1.807) is 0 Å². The number of anilines is 3. The van der Waals surface area contributed by atoms with Gasteiger partial charge < -0.3 is 4.90 Å². The summed E-state index contributed by atoms with van der Waals surface area (Å²) >= 11 is 1.89. The first-order valence-electron chi connectivity index (χ1n) is 18.5. The summed E-state index contributed by atoms with van der Waals surface area (Å²) in [6.07, 6.45) is 0. The highest BCUT2D eigenvalue weighted by Gasteiger charge is 2.20. The number of hydrogen-bond donors (Lipinski definition) is 0. The van der Waals surface area contributed by atoms with Crippen LogP contribution in [0.15, 0.2) is 200 Å². The van der Waals surface area contributed by atoms with Gasteiger partial charge in [0.2, 0.25) is 0 Å². The van der Waals surface area contributed by atoms with E-state index in [1.807, 2.05) is 11.3 Å².